The Morgan fingerprint density at radius 2 is 1.95 bits per heavy atom. The Bertz CT molecular complexity index is 579. The molecule has 5 heteroatoms. The van der Waals surface area contributed by atoms with Gasteiger partial charge in [0.2, 0.25) is 5.88 Å². The van der Waals surface area contributed by atoms with Crippen molar-refractivity contribution in [3.05, 3.63) is 41.1 Å². The fourth-order valence-corrected chi connectivity index (χ4v) is 1.58. The van der Waals surface area contributed by atoms with Crippen molar-refractivity contribution in [2.75, 3.05) is 0 Å². The molecule has 2 aromatic rings. The van der Waals surface area contributed by atoms with Crippen molar-refractivity contribution >= 4 is 11.6 Å². The highest BCUT2D eigenvalue weighted by atomic mass is 35.5. The van der Waals surface area contributed by atoms with E-state index in [-0.39, 0.29) is 5.41 Å². The highest BCUT2D eigenvalue weighted by Gasteiger charge is 2.21. The molecule has 0 bridgehead atoms. The van der Waals surface area contributed by atoms with Gasteiger partial charge >= 0.3 is 0 Å². The third kappa shape index (κ3) is 3.20. The Balaban J connectivity index is 2.42. The number of ether oxygens (including phenoxy) is 1. The molecule has 0 aliphatic rings. The lowest BCUT2D eigenvalue weighted by atomic mass is 9.96. The molecule has 0 spiro atoms. The van der Waals surface area contributed by atoms with E-state index < -0.39 is 0 Å². The van der Waals surface area contributed by atoms with Crippen LogP contribution in [0.4, 0.5) is 0 Å². The largest absolute Gasteiger partial charge is 0.437 e. The molecular weight excluding hydrogens is 262 g/mol. The fourth-order valence-electron chi connectivity index (χ4n) is 1.42. The lowest BCUT2D eigenvalue weighted by molar-refractivity contribution is 0.440. The summed E-state index contributed by atoms with van der Waals surface area (Å²) in [6.45, 7) is 7.92. The second-order valence-corrected chi connectivity index (χ2v) is 5.67. The molecule has 0 radical (unpaired) electrons. The van der Waals surface area contributed by atoms with Gasteiger partial charge in [0.1, 0.15) is 16.7 Å². The molecule has 0 aliphatic heterocycles. The van der Waals surface area contributed by atoms with Crippen LogP contribution < -0.4 is 4.74 Å². The van der Waals surface area contributed by atoms with Crippen molar-refractivity contribution in [3.63, 3.8) is 0 Å². The first kappa shape index (κ1) is 13.7. The lowest BCUT2D eigenvalue weighted by Gasteiger charge is -2.18. The molecule has 4 nitrogen and oxygen atoms in total. The summed E-state index contributed by atoms with van der Waals surface area (Å²) in [5, 5.41) is 0.416. The van der Waals surface area contributed by atoms with Crippen LogP contribution in [0, 0.1) is 6.92 Å². The van der Waals surface area contributed by atoms with Gasteiger partial charge in [0.15, 0.2) is 0 Å². The summed E-state index contributed by atoms with van der Waals surface area (Å²) < 4.78 is 5.73. The molecule has 2 rings (SSSR count). The van der Waals surface area contributed by atoms with Crippen molar-refractivity contribution in [1.29, 1.82) is 0 Å². The maximum Gasteiger partial charge on any atom is 0.227 e. The van der Waals surface area contributed by atoms with E-state index in [2.05, 4.69) is 15.0 Å². The third-order valence-electron chi connectivity index (χ3n) is 2.56. The first-order valence-corrected chi connectivity index (χ1v) is 6.38. The predicted molar refractivity (Wildman–Crippen MR) is 74.8 cm³/mol. The van der Waals surface area contributed by atoms with E-state index in [1.165, 1.54) is 0 Å². The van der Waals surface area contributed by atoms with Crippen LogP contribution in [0.15, 0.2) is 24.5 Å². The molecule has 0 saturated carbocycles. The third-order valence-corrected chi connectivity index (χ3v) is 2.93. The van der Waals surface area contributed by atoms with Crippen LogP contribution in [0.5, 0.6) is 11.6 Å². The van der Waals surface area contributed by atoms with E-state index in [0.717, 1.165) is 5.56 Å². The molecular formula is C14H16ClN3O. The molecule has 2 heterocycles. The van der Waals surface area contributed by atoms with Gasteiger partial charge in [0.25, 0.3) is 0 Å². The van der Waals surface area contributed by atoms with Gasteiger partial charge in [0.05, 0.1) is 6.20 Å². The maximum absolute atomic E-state index is 6.14. The molecule has 0 atom stereocenters. The minimum absolute atomic E-state index is 0.190. The van der Waals surface area contributed by atoms with Crippen LogP contribution >= 0.6 is 11.6 Å². The average molecular weight is 278 g/mol. The molecule has 0 N–H and O–H groups in total. The summed E-state index contributed by atoms with van der Waals surface area (Å²) in [5.74, 6) is 1.75. The summed E-state index contributed by atoms with van der Waals surface area (Å²) in [5.41, 5.74) is 0.531. The Morgan fingerprint density at radius 3 is 2.53 bits per heavy atom. The number of hydrogen-bond donors (Lipinski definition) is 0. The molecule has 0 amide bonds. The van der Waals surface area contributed by atoms with Gasteiger partial charge in [-0.3, -0.25) is 4.98 Å². The van der Waals surface area contributed by atoms with Gasteiger partial charge < -0.3 is 4.74 Å². The van der Waals surface area contributed by atoms with Crippen molar-refractivity contribution in [3.8, 4) is 11.6 Å². The van der Waals surface area contributed by atoms with Gasteiger partial charge in [-0.05, 0) is 19.1 Å². The summed E-state index contributed by atoms with van der Waals surface area (Å²) in [7, 11) is 0. The van der Waals surface area contributed by atoms with Crippen molar-refractivity contribution < 1.29 is 4.74 Å². The second-order valence-electron chi connectivity index (χ2n) is 5.31. The molecule has 0 saturated heterocycles. The number of hydrogen-bond acceptors (Lipinski definition) is 4. The topological polar surface area (TPSA) is 47.9 Å². The summed E-state index contributed by atoms with van der Waals surface area (Å²) in [4.78, 5) is 12.8. The Kier molecular flexibility index (Phi) is 3.71. The van der Waals surface area contributed by atoms with Crippen LogP contribution in [0.2, 0.25) is 5.15 Å². The number of aromatic nitrogens is 3. The maximum atomic E-state index is 6.14. The monoisotopic (exact) mass is 277 g/mol. The molecule has 0 aromatic carbocycles. The smallest absolute Gasteiger partial charge is 0.227 e. The van der Waals surface area contributed by atoms with E-state index in [4.69, 9.17) is 16.3 Å². The zero-order valence-electron chi connectivity index (χ0n) is 11.4. The SMILES string of the molecule is Cc1c(Cl)nc(C(C)(C)C)nc1Oc1cccnc1. The van der Waals surface area contributed by atoms with Crippen LogP contribution in [0.1, 0.15) is 32.2 Å². The van der Waals surface area contributed by atoms with Gasteiger partial charge in [0, 0.05) is 17.2 Å². The quantitative estimate of drug-likeness (QED) is 0.781. The van der Waals surface area contributed by atoms with Crippen LogP contribution in [-0.4, -0.2) is 15.0 Å². The minimum Gasteiger partial charge on any atom is -0.437 e. The minimum atomic E-state index is -0.190. The Morgan fingerprint density at radius 1 is 1.21 bits per heavy atom. The van der Waals surface area contributed by atoms with Crippen molar-refractivity contribution in [1.82, 2.24) is 15.0 Å². The molecule has 2 aromatic heterocycles. The van der Waals surface area contributed by atoms with E-state index in [9.17, 15) is 0 Å². The molecule has 0 unspecified atom stereocenters. The lowest BCUT2D eigenvalue weighted by Crippen LogP contribution is -2.17. The average Bonchev–Trinajstić information content (AvgIpc) is 2.34. The van der Waals surface area contributed by atoms with Crippen molar-refractivity contribution in [2.45, 2.75) is 33.1 Å². The highest BCUT2D eigenvalue weighted by molar-refractivity contribution is 6.30. The molecule has 19 heavy (non-hydrogen) atoms. The zero-order chi connectivity index (χ0) is 14.0. The van der Waals surface area contributed by atoms with Crippen LogP contribution in [0.25, 0.3) is 0 Å². The fraction of sp³-hybridized carbons (Fsp3) is 0.357. The standard InChI is InChI=1S/C14H16ClN3O/c1-9-11(15)17-13(14(2,3)4)18-12(9)19-10-6-5-7-16-8-10/h5-8H,1-4H3. The Labute approximate surface area is 117 Å². The van der Waals surface area contributed by atoms with E-state index in [1.807, 2.05) is 33.8 Å². The summed E-state index contributed by atoms with van der Waals surface area (Å²) in [6.07, 6.45) is 3.32. The molecule has 0 aliphatic carbocycles. The van der Waals surface area contributed by atoms with E-state index in [1.54, 1.807) is 18.5 Å². The molecule has 100 valence electrons. The van der Waals surface area contributed by atoms with Gasteiger partial charge in [-0.2, -0.15) is 4.98 Å². The van der Waals surface area contributed by atoms with E-state index in [0.29, 0.717) is 22.6 Å². The van der Waals surface area contributed by atoms with Gasteiger partial charge in [-0.1, -0.05) is 32.4 Å². The normalized spacial score (nSPS) is 11.4. The summed E-state index contributed by atoms with van der Waals surface area (Å²) >= 11 is 6.14. The van der Waals surface area contributed by atoms with E-state index >= 15 is 0 Å². The number of pyridine rings is 1. The van der Waals surface area contributed by atoms with Crippen LogP contribution in [-0.2, 0) is 5.41 Å². The predicted octanol–water partition coefficient (Wildman–Crippen LogP) is 3.92. The second kappa shape index (κ2) is 5.13. The first-order chi connectivity index (χ1) is 8.88. The van der Waals surface area contributed by atoms with Gasteiger partial charge in [-0.15, -0.1) is 0 Å². The number of nitrogens with zero attached hydrogens (tertiary/aromatic N) is 3. The Hall–Kier alpha value is -1.68. The van der Waals surface area contributed by atoms with Crippen molar-refractivity contribution in [2.24, 2.45) is 0 Å². The number of halogens is 1. The molecule has 0 fully saturated rings. The van der Waals surface area contributed by atoms with Crippen LogP contribution in [0.3, 0.4) is 0 Å². The highest BCUT2D eigenvalue weighted by Crippen LogP contribution is 2.29. The summed E-state index contributed by atoms with van der Waals surface area (Å²) in [6, 6.07) is 3.62. The van der Waals surface area contributed by atoms with Gasteiger partial charge in [-0.25, -0.2) is 4.98 Å². The zero-order valence-corrected chi connectivity index (χ0v) is 12.2. The number of rotatable bonds is 2. The first-order valence-electron chi connectivity index (χ1n) is 6.00.